The van der Waals surface area contributed by atoms with Crippen LogP contribution in [-0.4, -0.2) is 35.9 Å². The van der Waals surface area contributed by atoms with Gasteiger partial charge in [0.15, 0.2) is 11.5 Å². The zero-order valence-electron chi connectivity index (χ0n) is 13.4. The molecule has 7 nitrogen and oxygen atoms in total. The van der Waals surface area contributed by atoms with Crippen LogP contribution in [0.3, 0.4) is 0 Å². The first-order valence-corrected chi connectivity index (χ1v) is 8.32. The van der Waals surface area contributed by atoms with Gasteiger partial charge in [0.05, 0.1) is 6.61 Å². The number of carbonyl (C=O) groups is 1. The molecule has 0 aliphatic carbocycles. The van der Waals surface area contributed by atoms with Gasteiger partial charge in [-0.05, 0) is 25.1 Å². The molecule has 24 heavy (non-hydrogen) atoms. The van der Waals surface area contributed by atoms with Crippen LogP contribution in [0.5, 0.6) is 11.5 Å². The van der Waals surface area contributed by atoms with Gasteiger partial charge in [0.2, 0.25) is 5.13 Å². The summed E-state index contributed by atoms with van der Waals surface area (Å²) in [6, 6.07) is 5.08. The first-order valence-electron chi connectivity index (χ1n) is 7.50. The molecule has 3 N–H and O–H groups in total. The molecule has 0 aliphatic rings. The van der Waals surface area contributed by atoms with Crippen molar-refractivity contribution in [2.75, 3.05) is 25.5 Å². The normalized spacial score (nSPS) is 10.2. The number of nitrogens with two attached hydrogens (primary N) is 1. The van der Waals surface area contributed by atoms with Crippen molar-refractivity contribution in [2.24, 2.45) is 0 Å². The highest BCUT2D eigenvalue weighted by Gasteiger charge is 2.11. The lowest BCUT2D eigenvalue weighted by Gasteiger charge is -2.12. The molecule has 2 aromatic rings. The average molecular weight is 348 g/mol. The molecule has 0 spiro atoms. The SMILES string of the molecule is C=CCOc1ccc(C(=O)NCCc2nnc(N)s2)cc1OCC. The summed E-state index contributed by atoms with van der Waals surface area (Å²) in [5.74, 6) is 0.922. The van der Waals surface area contributed by atoms with Gasteiger partial charge >= 0.3 is 0 Å². The molecule has 0 radical (unpaired) electrons. The van der Waals surface area contributed by atoms with Gasteiger partial charge in [-0.3, -0.25) is 4.79 Å². The third kappa shape index (κ3) is 4.95. The Morgan fingerprint density at radius 3 is 2.88 bits per heavy atom. The van der Waals surface area contributed by atoms with E-state index in [9.17, 15) is 4.79 Å². The van der Waals surface area contributed by atoms with E-state index in [0.717, 1.165) is 5.01 Å². The Bertz CT molecular complexity index is 702. The lowest BCUT2D eigenvalue weighted by Crippen LogP contribution is -2.25. The number of nitrogen functional groups attached to an aromatic ring is 1. The zero-order valence-corrected chi connectivity index (χ0v) is 14.3. The van der Waals surface area contributed by atoms with E-state index in [0.29, 0.717) is 48.4 Å². The second-order valence-electron chi connectivity index (χ2n) is 4.73. The van der Waals surface area contributed by atoms with Crippen molar-refractivity contribution in [1.82, 2.24) is 15.5 Å². The lowest BCUT2D eigenvalue weighted by atomic mass is 10.2. The molecule has 0 saturated heterocycles. The number of rotatable bonds is 9. The van der Waals surface area contributed by atoms with Gasteiger partial charge in [-0.2, -0.15) is 0 Å². The molecule has 128 valence electrons. The fourth-order valence-corrected chi connectivity index (χ4v) is 2.55. The summed E-state index contributed by atoms with van der Waals surface area (Å²) >= 11 is 1.31. The van der Waals surface area contributed by atoms with Crippen molar-refractivity contribution in [3.63, 3.8) is 0 Å². The predicted octanol–water partition coefficient (Wildman–Crippen LogP) is 2.06. The summed E-state index contributed by atoms with van der Waals surface area (Å²) in [7, 11) is 0. The van der Waals surface area contributed by atoms with Gasteiger partial charge in [0.1, 0.15) is 11.6 Å². The summed E-state index contributed by atoms with van der Waals surface area (Å²) in [5.41, 5.74) is 6.02. The van der Waals surface area contributed by atoms with Crippen LogP contribution >= 0.6 is 11.3 Å². The van der Waals surface area contributed by atoms with Crippen molar-refractivity contribution >= 4 is 22.4 Å². The van der Waals surface area contributed by atoms with Crippen LogP contribution in [-0.2, 0) is 6.42 Å². The van der Waals surface area contributed by atoms with Crippen molar-refractivity contribution in [1.29, 1.82) is 0 Å². The Morgan fingerprint density at radius 1 is 1.38 bits per heavy atom. The second kappa shape index (κ2) is 8.88. The molecule has 0 unspecified atom stereocenters. The predicted molar refractivity (Wildman–Crippen MR) is 93.7 cm³/mol. The molecule has 2 rings (SSSR count). The third-order valence-corrected chi connectivity index (χ3v) is 3.78. The number of amides is 1. The van der Waals surface area contributed by atoms with Crippen molar-refractivity contribution in [2.45, 2.75) is 13.3 Å². The Hall–Kier alpha value is -2.61. The Kier molecular flexibility index (Phi) is 6.56. The molecule has 1 heterocycles. The highest BCUT2D eigenvalue weighted by atomic mass is 32.1. The number of ether oxygens (including phenoxy) is 2. The van der Waals surface area contributed by atoms with Crippen LogP contribution in [0.15, 0.2) is 30.9 Å². The van der Waals surface area contributed by atoms with Crippen molar-refractivity contribution in [3.05, 3.63) is 41.4 Å². The Labute approximate surface area is 144 Å². The van der Waals surface area contributed by atoms with Crippen LogP contribution in [0, 0.1) is 0 Å². The van der Waals surface area contributed by atoms with Gasteiger partial charge in [-0.25, -0.2) is 0 Å². The van der Waals surface area contributed by atoms with Crippen LogP contribution in [0.1, 0.15) is 22.3 Å². The smallest absolute Gasteiger partial charge is 0.251 e. The first kappa shape index (κ1) is 17.7. The van der Waals surface area contributed by atoms with E-state index in [2.05, 4.69) is 22.1 Å². The molecule has 0 saturated carbocycles. The molecule has 0 atom stereocenters. The number of anilines is 1. The lowest BCUT2D eigenvalue weighted by molar-refractivity contribution is 0.0953. The maximum Gasteiger partial charge on any atom is 0.251 e. The molecular formula is C16H20N4O3S. The van der Waals surface area contributed by atoms with Gasteiger partial charge in [-0.15, -0.1) is 10.2 Å². The molecule has 0 fully saturated rings. The summed E-state index contributed by atoms with van der Waals surface area (Å²) < 4.78 is 11.0. The summed E-state index contributed by atoms with van der Waals surface area (Å²) in [6.45, 7) is 6.79. The molecule has 1 amide bonds. The monoisotopic (exact) mass is 348 g/mol. The molecule has 1 aromatic heterocycles. The van der Waals surface area contributed by atoms with E-state index in [1.807, 2.05) is 6.92 Å². The average Bonchev–Trinajstić information content (AvgIpc) is 2.99. The van der Waals surface area contributed by atoms with Crippen LogP contribution in [0.2, 0.25) is 0 Å². The minimum atomic E-state index is -0.191. The van der Waals surface area contributed by atoms with Crippen LogP contribution in [0.4, 0.5) is 5.13 Å². The quantitative estimate of drug-likeness (QED) is 0.673. The van der Waals surface area contributed by atoms with Crippen molar-refractivity contribution < 1.29 is 14.3 Å². The number of carbonyl (C=O) groups excluding carboxylic acids is 1. The van der Waals surface area contributed by atoms with Gasteiger partial charge in [0, 0.05) is 18.5 Å². The number of nitrogens with one attached hydrogen (secondary N) is 1. The topological polar surface area (TPSA) is 99.4 Å². The van der Waals surface area contributed by atoms with Crippen molar-refractivity contribution in [3.8, 4) is 11.5 Å². The van der Waals surface area contributed by atoms with E-state index in [-0.39, 0.29) is 5.91 Å². The third-order valence-electron chi connectivity index (χ3n) is 2.97. The van der Waals surface area contributed by atoms with Gasteiger partial charge in [-0.1, -0.05) is 24.0 Å². The number of hydrogen-bond donors (Lipinski definition) is 2. The maximum absolute atomic E-state index is 12.2. The van der Waals surface area contributed by atoms with Crippen LogP contribution in [0.25, 0.3) is 0 Å². The molecular weight excluding hydrogens is 328 g/mol. The standard InChI is InChI=1S/C16H20N4O3S/c1-3-9-23-12-6-5-11(10-13(12)22-4-2)15(21)18-8-7-14-19-20-16(17)24-14/h3,5-6,10H,1,4,7-9H2,2H3,(H2,17,20)(H,18,21). The summed E-state index contributed by atoms with van der Waals surface area (Å²) in [5, 5.41) is 11.7. The van der Waals surface area contributed by atoms with Gasteiger partial charge < -0.3 is 20.5 Å². The summed E-state index contributed by atoms with van der Waals surface area (Å²) in [4.78, 5) is 12.2. The highest BCUT2D eigenvalue weighted by Crippen LogP contribution is 2.28. The Morgan fingerprint density at radius 2 is 2.21 bits per heavy atom. The number of aromatic nitrogens is 2. The molecule has 0 aliphatic heterocycles. The van der Waals surface area contributed by atoms with E-state index in [1.54, 1.807) is 24.3 Å². The first-order chi connectivity index (χ1) is 11.6. The highest BCUT2D eigenvalue weighted by molar-refractivity contribution is 7.15. The van der Waals surface area contributed by atoms with E-state index in [1.165, 1.54) is 11.3 Å². The maximum atomic E-state index is 12.2. The molecule has 0 bridgehead atoms. The van der Waals surface area contributed by atoms with Gasteiger partial charge in [0.25, 0.3) is 5.91 Å². The largest absolute Gasteiger partial charge is 0.490 e. The fraction of sp³-hybridized carbons (Fsp3) is 0.312. The van der Waals surface area contributed by atoms with E-state index < -0.39 is 0 Å². The second-order valence-corrected chi connectivity index (χ2v) is 5.83. The number of nitrogens with zero attached hydrogens (tertiary/aromatic N) is 2. The fourth-order valence-electron chi connectivity index (χ4n) is 1.94. The number of hydrogen-bond acceptors (Lipinski definition) is 7. The molecule has 8 heteroatoms. The Balaban J connectivity index is 1.97. The number of benzene rings is 1. The van der Waals surface area contributed by atoms with Crippen LogP contribution < -0.4 is 20.5 Å². The minimum Gasteiger partial charge on any atom is -0.490 e. The summed E-state index contributed by atoms with van der Waals surface area (Å²) in [6.07, 6.45) is 2.23. The zero-order chi connectivity index (χ0) is 17.4. The van der Waals surface area contributed by atoms with E-state index in [4.69, 9.17) is 15.2 Å². The minimum absolute atomic E-state index is 0.191. The molecule has 1 aromatic carbocycles. The van der Waals surface area contributed by atoms with E-state index >= 15 is 0 Å².